The highest BCUT2D eigenvalue weighted by Gasteiger charge is 2.67. The van der Waals surface area contributed by atoms with Gasteiger partial charge in [-0.1, -0.05) is 5.12 Å². The van der Waals surface area contributed by atoms with E-state index in [4.69, 9.17) is 0 Å². The molecule has 0 aliphatic carbocycles. The van der Waals surface area contributed by atoms with Crippen molar-refractivity contribution in [3.8, 4) is 0 Å². The molecule has 1 heterocycles. The van der Waals surface area contributed by atoms with E-state index in [1.54, 1.807) is 0 Å². The maximum absolute atomic E-state index is 12.1. The van der Waals surface area contributed by atoms with E-state index in [0.29, 0.717) is 0 Å². The smallest absolute Gasteiger partial charge is 0.278 e. The van der Waals surface area contributed by atoms with Crippen LogP contribution in [0, 0.1) is 0 Å². The molecule has 1 fully saturated rings. The lowest BCUT2D eigenvalue weighted by molar-refractivity contribution is -0.469. The zero-order valence-electron chi connectivity index (χ0n) is 5.41. The molecule has 72 valence electrons. The Hall–Kier alpha value is -0.500. The Balaban J connectivity index is 2.86. The highest BCUT2D eigenvalue weighted by atomic mass is 19.3. The third kappa shape index (κ3) is 1.24. The van der Waals surface area contributed by atoms with Crippen LogP contribution in [0.5, 0.6) is 0 Å². The summed E-state index contributed by atoms with van der Waals surface area (Å²) in [6.45, 7) is -1.54. The Bertz CT molecular complexity index is 184. The van der Waals surface area contributed by atoms with Crippen LogP contribution in [0.4, 0.5) is 26.4 Å². The number of morpholine rings is 1. The fourth-order valence-electron chi connectivity index (χ4n) is 0.651. The van der Waals surface area contributed by atoms with Gasteiger partial charge in [0.05, 0.1) is 6.54 Å². The predicted molar refractivity (Wildman–Crippen MR) is 23.7 cm³/mol. The molecular formula is C4H3F6NO. The number of hydrogen-bond acceptors (Lipinski definition) is 2. The largest absolute Gasteiger partial charge is 0.439 e. The predicted octanol–water partition coefficient (Wildman–Crippen LogP) is 1.68. The number of nitrogens with zero attached hydrogens (tertiary/aromatic N) is 1. The molecule has 0 bridgehead atoms. The Kier molecular flexibility index (Phi) is 1.99. The van der Waals surface area contributed by atoms with Crippen molar-refractivity contribution in [2.24, 2.45) is 0 Å². The molecule has 0 N–H and O–H groups in total. The normalized spacial score (nSPS) is 35.0. The third-order valence-electron chi connectivity index (χ3n) is 1.23. The average molecular weight is 195 g/mol. The summed E-state index contributed by atoms with van der Waals surface area (Å²) in [5.74, 6) is 0. The van der Waals surface area contributed by atoms with Gasteiger partial charge in [0, 0.05) is 0 Å². The van der Waals surface area contributed by atoms with E-state index in [0.717, 1.165) is 0 Å². The molecule has 8 heteroatoms. The minimum absolute atomic E-state index is 1.54. The van der Waals surface area contributed by atoms with Gasteiger partial charge in [-0.3, -0.25) is 4.74 Å². The van der Waals surface area contributed by atoms with Gasteiger partial charge in [0.1, 0.15) is 0 Å². The van der Waals surface area contributed by atoms with Crippen LogP contribution in [0.25, 0.3) is 0 Å². The van der Waals surface area contributed by atoms with Crippen LogP contribution in [0.2, 0.25) is 0 Å². The second kappa shape index (κ2) is 2.49. The van der Waals surface area contributed by atoms with Crippen molar-refractivity contribution in [2.75, 3.05) is 6.54 Å². The van der Waals surface area contributed by atoms with Crippen molar-refractivity contribution in [3.05, 3.63) is 0 Å². The van der Waals surface area contributed by atoms with E-state index < -0.39 is 30.2 Å². The van der Waals surface area contributed by atoms with E-state index in [-0.39, 0.29) is 0 Å². The van der Waals surface area contributed by atoms with Gasteiger partial charge in [-0.25, -0.2) is 4.39 Å². The standard InChI is InChI=1S/C4H3F6NO/c5-2-1-11(10)3(6,7)4(8,9)12-2/h2H,1H2. The van der Waals surface area contributed by atoms with Gasteiger partial charge in [-0.2, -0.15) is 17.6 Å². The van der Waals surface area contributed by atoms with Crippen LogP contribution in [-0.4, -0.2) is 30.2 Å². The summed E-state index contributed by atoms with van der Waals surface area (Å²) in [5, 5.41) is -1.58. The van der Waals surface area contributed by atoms with E-state index in [1.807, 2.05) is 0 Å². The Morgan fingerprint density at radius 3 is 2.17 bits per heavy atom. The summed E-state index contributed by atoms with van der Waals surface area (Å²) in [4.78, 5) is 0. The molecule has 0 spiro atoms. The summed E-state index contributed by atoms with van der Waals surface area (Å²) < 4.78 is 75.0. The maximum atomic E-state index is 12.1. The molecular weight excluding hydrogens is 192 g/mol. The summed E-state index contributed by atoms with van der Waals surface area (Å²) in [5.41, 5.74) is 0. The summed E-state index contributed by atoms with van der Waals surface area (Å²) in [7, 11) is 0. The first-order valence-corrected chi connectivity index (χ1v) is 2.78. The van der Waals surface area contributed by atoms with Gasteiger partial charge in [0.25, 0.3) is 0 Å². The lowest BCUT2D eigenvalue weighted by atomic mass is 10.4. The van der Waals surface area contributed by atoms with Crippen LogP contribution >= 0.6 is 0 Å². The van der Waals surface area contributed by atoms with Gasteiger partial charge in [-0.15, -0.1) is 4.48 Å². The molecule has 1 aliphatic rings. The molecule has 1 atom stereocenters. The van der Waals surface area contributed by atoms with Crippen LogP contribution < -0.4 is 0 Å². The lowest BCUT2D eigenvalue weighted by Gasteiger charge is -2.35. The molecule has 12 heavy (non-hydrogen) atoms. The van der Waals surface area contributed by atoms with E-state index in [2.05, 4.69) is 4.74 Å². The minimum atomic E-state index is -5.14. The average Bonchev–Trinajstić information content (AvgIpc) is 1.82. The second-order valence-electron chi connectivity index (χ2n) is 2.13. The van der Waals surface area contributed by atoms with Crippen LogP contribution in [0.1, 0.15) is 0 Å². The Morgan fingerprint density at radius 2 is 1.75 bits per heavy atom. The van der Waals surface area contributed by atoms with Crippen LogP contribution in [0.15, 0.2) is 0 Å². The third-order valence-corrected chi connectivity index (χ3v) is 1.23. The zero-order chi connectivity index (χ0) is 9.57. The first-order chi connectivity index (χ1) is 5.27. The maximum Gasteiger partial charge on any atom is 0.439 e. The highest BCUT2D eigenvalue weighted by molar-refractivity contribution is 4.79. The van der Waals surface area contributed by atoms with Gasteiger partial charge >= 0.3 is 12.2 Å². The fourth-order valence-corrected chi connectivity index (χ4v) is 0.651. The molecule has 0 saturated carbocycles. The lowest BCUT2D eigenvalue weighted by Crippen LogP contribution is -2.59. The number of ether oxygens (including phenoxy) is 1. The van der Waals surface area contributed by atoms with Crippen LogP contribution in [-0.2, 0) is 4.74 Å². The monoisotopic (exact) mass is 195 g/mol. The SMILES string of the molecule is FC1CN(F)C(F)(F)C(F)(F)O1. The second-order valence-corrected chi connectivity index (χ2v) is 2.13. The van der Waals surface area contributed by atoms with Gasteiger partial charge in [-0.05, 0) is 0 Å². The van der Waals surface area contributed by atoms with Crippen LogP contribution in [0.3, 0.4) is 0 Å². The van der Waals surface area contributed by atoms with E-state index in [9.17, 15) is 26.4 Å². The topological polar surface area (TPSA) is 12.5 Å². The highest BCUT2D eigenvalue weighted by Crippen LogP contribution is 2.42. The molecule has 0 aromatic rings. The first kappa shape index (κ1) is 9.59. The fraction of sp³-hybridized carbons (Fsp3) is 1.00. The zero-order valence-corrected chi connectivity index (χ0v) is 5.41. The molecule has 0 aromatic carbocycles. The van der Waals surface area contributed by atoms with Gasteiger partial charge in [0.15, 0.2) is 0 Å². The molecule has 2 nitrogen and oxygen atoms in total. The molecule has 0 radical (unpaired) electrons. The van der Waals surface area contributed by atoms with E-state index >= 15 is 0 Å². The van der Waals surface area contributed by atoms with Gasteiger partial charge in [0.2, 0.25) is 6.36 Å². The van der Waals surface area contributed by atoms with Gasteiger partial charge < -0.3 is 0 Å². The molecule has 0 aromatic heterocycles. The summed E-state index contributed by atoms with van der Waals surface area (Å²) >= 11 is 0. The molecule has 0 amide bonds. The number of rotatable bonds is 0. The molecule has 1 aliphatic heterocycles. The van der Waals surface area contributed by atoms with Crippen molar-refractivity contribution < 1.29 is 31.2 Å². The molecule has 1 saturated heterocycles. The van der Waals surface area contributed by atoms with Crippen molar-refractivity contribution in [1.29, 1.82) is 0 Å². The Labute approximate surface area is 62.6 Å². The van der Waals surface area contributed by atoms with E-state index in [1.165, 1.54) is 0 Å². The molecule has 1 rings (SSSR count). The minimum Gasteiger partial charge on any atom is -0.278 e. The summed E-state index contributed by atoms with van der Waals surface area (Å²) in [6, 6.07) is -5.12. The van der Waals surface area contributed by atoms with Crippen molar-refractivity contribution in [3.63, 3.8) is 0 Å². The number of alkyl halides is 5. The first-order valence-electron chi connectivity index (χ1n) is 2.78. The quantitative estimate of drug-likeness (QED) is 0.331. The Morgan fingerprint density at radius 1 is 1.25 bits per heavy atom. The summed E-state index contributed by atoms with van der Waals surface area (Å²) in [6.07, 6.45) is -7.90. The van der Waals surface area contributed by atoms with Crippen molar-refractivity contribution in [1.82, 2.24) is 5.12 Å². The number of halogens is 6. The van der Waals surface area contributed by atoms with Crippen molar-refractivity contribution >= 4 is 0 Å². The number of hydrogen-bond donors (Lipinski definition) is 0. The van der Waals surface area contributed by atoms with Crippen molar-refractivity contribution in [2.45, 2.75) is 18.5 Å². The molecule has 1 unspecified atom stereocenters.